The van der Waals surface area contributed by atoms with Gasteiger partial charge in [0, 0.05) is 26.2 Å². The van der Waals surface area contributed by atoms with Crippen LogP contribution in [0, 0.1) is 0 Å². The monoisotopic (exact) mass is 417 g/mol. The van der Waals surface area contributed by atoms with Crippen LogP contribution in [0.15, 0.2) is 20.1 Å². The molecule has 0 atom stereocenters. The van der Waals surface area contributed by atoms with E-state index in [4.69, 9.17) is 0 Å². The summed E-state index contributed by atoms with van der Waals surface area (Å²) in [5.74, 6) is 0.00316. The number of carbonyl (C=O) groups excluding carboxylic acids is 1. The Labute approximate surface area is 143 Å². The van der Waals surface area contributed by atoms with Crippen LogP contribution in [0.1, 0.15) is 0 Å². The maximum absolute atomic E-state index is 12.4. The predicted octanol–water partition coefficient (Wildman–Crippen LogP) is 0.985. The minimum atomic E-state index is -3.43. The molecule has 10 heteroatoms. The van der Waals surface area contributed by atoms with Crippen molar-refractivity contribution in [1.82, 2.24) is 14.5 Å². The summed E-state index contributed by atoms with van der Waals surface area (Å²) in [7, 11) is -1.72. The normalized spacial score (nSPS) is 16.6. The SMILES string of the molecule is CNCC(=O)N1CCN(S(=O)(=O)c2ccc(Br)s2)CC1.Cl. The van der Waals surface area contributed by atoms with Crippen LogP contribution in [0.5, 0.6) is 0 Å². The number of rotatable bonds is 4. The highest BCUT2D eigenvalue weighted by atomic mass is 79.9. The molecule has 1 saturated heterocycles. The summed E-state index contributed by atoms with van der Waals surface area (Å²) in [5.41, 5.74) is 0. The molecule has 120 valence electrons. The first-order valence-corrected chi connectivity index (χ1v) is 9.18. The Hall–Kier alpha value is -0.190. The van der Waals surface area contributed by atoms with E-state index in [9.17, 15) is 13.2 Å². The van der Waals surface area contributed by atoms with Crippen LogP contribution in [-0.2, 0) is 14.8 Å². The van der Waals surface area contributed by atoms with Crippen molar-refractivity contribution in [3.05, 3.63) is 15.9 Å². The van der Waals surface area contributed by atoms with Crippen LogP contribution in [0.4, 0.5) is 0 Å². The molecule has 1 aliphatic heterocycles. The summed E-state index contributed by atoms with van der Waals surface area (Å²) in [4.78, 5) is 13.4. The molecule has 2 rings (SSSR count). The summed E-state index contributed by atoms with van der Waals surface area (Å²) in [6.07, 6.45) is 0. The quantitative estimate of drug-likeness (QED) is 0.791. The molecule has 2 heterocycles. The molecule has 0 bridgehead atoms. The fraction of sp³-hybridized carbons (Fsp3) is 0.545. The van der Waals surface area contributed by atoms with Gasteiger partial charge in [0.1, 0.15) is 4.21 Å². The molecule has 0 unspecified atom stereocenters. The van der Waals surface area contributed by atoms with Crippen LogP contribution in [-0.4, -0.2) is 63.3 Å². The number of amides is 1. The summed E-state index contributed by atoms with van der Waals surface area (Å²) in [6, 6.07) is 3.33. The maximum Gasteiger partial charge on any atom is 0.252 e. The molecule has 0 radical (unpaired) electrons. The van der Waals surface area contributed by atoms with Gasteiger partial charge in [0.2, 0.25) is 5.91 Å². The number of nitrogens with one attached hydrogen (secondary N) is 1. The second kappa shape index (κ2) is 7.89. The molecule has 1 aromatic rings. The van der Waals surface area contributed by atoms with E-state index in [-0.39, 0.29) is 24.9 Å². The summed E-state index contributed by atoms with van der Waals surface area (Å²) < 4.78 is 27.4. The van der Waals surface area contributed by atoms with Gasteiger partial charge in [0.15, 0.2) is 0 Å². The lowest BCUT2D eigenvalue weighted by molar-refractivity contribution is -0.131. The van der Waals surface area contributed by atoms with Gasteiger partial charge in [-0.2, -0.15) is 4.31 Å². The molecular weight excluding hydrogens is 402 g/mol. The van der Waals surface area contributed by atoms with E-state index in [1.54, 1.807) is 24.1 Å². The summed E-state index contributed by atoms with van der Waals surface area (Å²) >= 11 is 4.47. The number of likely N-dealkylation sites (N-methyl/N-ethyl adjacent to an activating group) is 1. The third-order valence-corrected chi connectivity index (χ3v) is 7.05. The second-order valence-electron chi connectivity index (χ2n) is 4.37. The van der Waals surface area contributed by atoms with E-state index < -0.39 is 10.0 Å². The average Bonchev–Trinajstić information content (AvgIpc) is 2.86. The number of hydrogen-bond donors (Lipinski definition) is 1. The van der Waals surface area contributed by atoms with Gasteiger partial charge in [0.05, 0.1) is 10.3 Å². The predicted molar refractivity (Wildman–Crippen MR) is 88.5 cm³/mol. The molecule has 1 N–H and O–H groups in total. The van der Waals surface area contributed by atoms with E-state index in [0.29, 0.717) is 30.4 Å². The van der Waals surface area contributed by atoms with Crippen LogP contribution in [0.2, 0.25) is 0 Å². The van der Waals surface area contributed by atoms with Crippen molar-refractivity contribution in [2.24, 2.45) is 0 Å². The van der Waals surface area contributed by atoms with Gasteiger partial charge in [-0.15, -0.1) is 23.7 Å². The molecule has 0 aliphatic carbocycles. The number of piperazine rings is 1. The van der Waals surface area contributed by atoms with Crippen molar-refractivity contribution in [2.75, 3.05) is 39.8 Å². The molecule has 1 aromatic heterocycles. The van der Waals surface area contributed by atoms with Crippen molar-refractivity contribution >= 4 is 55.6 Å². The van der Waals surface area contributed by atoms with Gasteiger partial charge in [-0.3, -0.25) is 4.79 Å². The molecule has 0 aromatic carbocycles. The Kier molecular flexibility index (Phi) is 7.08. The number of carbonyl (C=O) groups is 1. The standard InChI is InChI=1S/C11H16BrN3O3S2.ClH/c1-13-8-10(16)14-4-6-15(7-5-14)20(17,18)11-3-2-9(12)19-11;/h2-3,13H,4-8H2,1H3;1H. The Morgan fingerprint density at radius 2 is 1.95 bits per heavy atom. The molecule has 1 amide bonds. The minimum Gasteiger partial charge on any atom is -0.339 e. The van der Waals surface area contributed by atoms with E-state index >= 15 is 0 Å². The Morgan fingerprint density at radius 3 is 2.43 bits per heavy atom. The first-order chi connectivity index (χ1) is 9.45. The number of hydrogen-bond acceptors (Lipinski definition) is 5. The number of thiophene rings is 1. The Balaban J connectivity index is 0.00000220. The summed E-state index contributed by atoms with van der Waals surface area (Å²) in [6.45, 7) is 1.84. The van der Waals surface area contributed by atoms with Gasteiger partial charge < -0.3 is 10.2 Å². The van der Waals surface area contributed by atoms with Crippen molar-refractivity contribution in [3.8, 4) is 0 Å². The molecule has 1 aliphatic rings. The zero-order valence-corrected chi connectivity index (χ0v) is 15.4. The lowest BCUT2D eigenvalue weighted by Crippen LogP contribution is -2.51. The fourth-order valence-corrected chi connectivity index (χ4v) is 5.59. The molecule has 0 spiro atoms. The molecule has 1 fully saturated rings. The lowest BCUT2D eigenvalue weighted by atomic mass is 10.3. The van der Waals surface area contributed by atoms with Crippen molar-refractivity contribution in [2.45, 2.75) is 4.21 Å². The smallest absolute Gasteiger partial charge is 0.252 e. The van der Waals surface area contributed by atoms with Crippen LogP contribution in [0.3, 0.4) is 0 Å². The van der Waals surface area contributed by atoms with Gasteiger partial charge in [-0.05, 0) is 35.1 Å². The minimum absolute atomic E-state index is 0. The number of sulfonamides is 1. The Morgan fingerprint density at radius 1 is 1.33 bits per heavy atom. The van der Waals surface area contributed by atoms with E-state index in [1.165, 1.54) is 15.6 Å². The number of halogens is 2. The Bertz CT molecular complexity index is 585. The summed E-state index contributed by atoms with van der Waals surface area (Å²) in [5, 5.41) is 2.81. The van der Waals surface area contributed by atoms with E-state index in [1.807, 2.05) is 0 Å². The number of nitrogens with zero attached hydrogens (tertiary/aromatic N) is 2. The van der Waals surface area contributed by atoms with Crippen molar-refractivity contribution in [3.63, 3.8) is 0 Å². The third kappa shape index (κ3) is 4.40. The molecule has 0 saturated carbocycles. The van der Waals surface area contributed by atoms with Gasteiger partial charge in [-0.25, -0.2) is 8.42 Å². The van der Waals surface area contributed by atoms with E-state index in [0.717, 1.165) is 3.79 Å². The first kappa shape index (κ1) is 18.9. The highest BCUT2D eigenvalue weighted by Gasteiger charge is 2.30. The largest absolute Gasteiger partial charge is 0.339 e. The third-order valence-electron chi connectivity index (χ3n) is 3.06. The van der Waals surface area contributed by atoms with Crippen molar-refractivity contribution in [1.29, 1.82) is 0 Å². The molecular formula is C11H17BrClN3O3S2. The fourth-order valence-electron chi connectivity index (χ4n) is 2.00. The van der Waals surface area contributed by atoms with Crippen LogP contribution in [0.25, 0.3) is 0 Å². The zero-order chi connectivity index (χ0) is 14.8. The molecule has 21 heavy (non-hydrogen) atoms. The second-order valence-corrected chi connectivity index (χ2v) is 9.00. The highest BCUT2D eigenvalue weighted by molar-refractivity contribution is 9.11. The van der Waals surface area contributed by atoms with Crippen molar-refractivity contribution < 1.29 is 13.2 Å². The highest BCUT2D eigenvalue weighted by Crippen LogP contribution is 2.28. The van der Waals surface area contributed by atoms with Gasteiger partial charge in [0.25, 0.3) is 10.0 Å². The van der Waals surface area contributed by atoms with Gasteiger partial charge >= 0.3 is 0 Å². The zero-order valence-electron chi connectivity index (χ0n) is 11.4. The topological polar surface area (TPSA) is 69.7 Å². The van der Waals surface area contributed by atoms with Crippen LogP contribution < -0.4 is 5.32 Å². The van der Waals surface area contributed by atoms with Crippen LogP contribution >= 0.6 is 39.7 Å². The first-order valence-electron chi connectivity index (χ1n) is 6.13. The van der Waals surface area contributed by atoms with E-state index in [2.05, 4.69) is 21.2 Å². The molecule has 6 nitrogen and oxygen atoms in total. The van der Waals surface area contributed by atoms with Gasteiger partial charge in [-0.1, -0.05) is 0 Å². The lowest BCUT2D eigenvalue weighted by Gasteiger charge is -2.33. The maximum atomic E-state index is 12.4. The average molecular weight is 419 g/mol.